The molecular weight excluding hydrogens is 388 g/mol. The summed E-state index contributed by atoms with van der Waals surface area (Å²) in [6.45, 7) is 1.68. The zero-order valence-electron chi connectivity index (χ0n) is 15.8. The summed E-state index contributed by atoms with van der Waals surface area (Å²) in [6.07, 6.45) is 4.78. The number of rotatable bonds is 6. The largest absolute Gasteiger partial charge is 0.348 e. The first kappa shape index (κ1) is 19.2. The van der Waals surface area contributed by atoms with E-state index in [1.165, 1.54) is 0 Å². The van der Waals surface area contributed by atoms with Gasteiger partial charge in [0.25, 0.3) is 5.91 Å². The topological polar surface area (TPSA) is 67.2 Å². The van der Waals surface area contributed by atoms with Crippen molar-refractivity contribution in [1.82, 2.24) is 15.1 Å². The van der Waals surface area contributed by atoms with Crippen molar-refractivity contribution < 1.29 is 9.59 Å². The second-order valence-corrected chi connectivity index (χ2v) is 7.42. The second-order valence-electron chi connectivity index (χ2n) is 7.02. The Bertz CT molecular complexity index is 1030. The summed E-state index contributed by atoms with van der Waals surface area (Å²) >= 11 is 6.18. The normalized spacial score (nSPS) is 13.7. The molecule has 1 saturated heterocycles. The van der Waals surface area contributed by atoms with Crippen LogP contribution in [0.2, 0.25) is 5.02 Å². The standard InChI is InChI=1S/C22H21ClN4O2/c23-20-5-2-1-4-17(20)14-26-15-18(13-25-26)22(29)24-12-16-7-9-19(10-8-16)27-11-3-6-21(27)28/h1-2,4-5,7-10,13,15H,3,6,11-12,14H2,(H,24,29). The second kappa shape index (κ2) is 8.49. The van der Waals surface area contributed by atoms with E-state index in [2.05, 4.69) is 10.4 Å². The number of aromatic nitrogens is 2. The minimum Gasteiger partial charge on any atom is -0.348 e. The zero-order chi connectivity index (χ0) is 20.2. The third-order valence-electron chi connectivity index (χ3n) is 4.96. The molecule has 4 rings (SSSR count). The van der Waals surface area contributed by atoms with Crippen molar-refractivity contribution >= 4 is 29.1 Å². The van der Waals surface area contributed by atoms with Crippen LogP contribution in [0.5, 0.6) is 0 Å². The first-order chi connectivity index (χ1) is 14.1. The molecule has 148 valence electrons. The number of nitrogens with zero attached hydrogens (tertiary/aromatic N) is 3. The lowest BCUT2D eigenvalue weighted by molar-refractivity contribution is -0.117. The van der Waals surface area contributed by atoms with E-state index in [0.29, 0.717) is 30.1 Å². The number of anilines is 1. The van der Waals surface area contributed by atoms with E-state index in [-0.39, 0.29) is 11.8 Å². The van der Waals surface area contributed by atoms with Crippen LogP contribution in [0.3, 0.4) is 0 Å². The van der Waals surface area contributed by atoms with Crippen LogP contribution in [-0.2, 0) is 17.9 Å². The van der Waals surface area contributed by atoms with Gasteiger partial charge in [0.2, 0.25) is 5.91 Å². The lowest BCUT2D eigenvalue weighted by Crippen LogP contribution is -2.24. The van der Waals surface area contributed by atoms with Gasteiger partial charge in [0.1, 0.15) is 0 Å². The third kappa shape index (κ3) is 4.49. The van der Waals surface area contributed by atoms with Crippen LogP contribution in [0.15, 0.2) is 60.9 Å². The van der Waals surface area contributed by atoms with Crippen LogP contribution in [0.25, 0.3) is 0 Å². The molecule has 1 fully saturated rings. The van der Waals surface area contributed by atoms with Gasteiger partial charge < -0.3 is 10.2 Å². The zero-order valence-corrected chi connectivity index (χ0v) is 16.6. The summed E-state index contributed by atoms with van der Waals surface area (Å²) in [7, 11) is 0. The number of hydrogen-bond donors (Lipinski definition) is 1. The van der Waals surface area contributed by atoms with Gasteiger partial charge in [-0.05, 0) is 35.7 Å². The fourth-order valence-corrected chi connectivity index (χ4v) is 3.56. The smallest absolute Gasteiger partial charge is 0.254 e. The Hall–Kier alpha value is -3.12. The van der Waals surface area contributed by atoms with E-state index < -0.39 is 0 Å². The molecule has 1 aliphatic rings. The molecule has 7 heteroatoms. The van der Waals surface area contributed by atoms with Crippen molar-refractivity contribution in [2.45, 2.75) is 25.9 Å². The maximum Gasteiger partial charge on any atom is 0.254 e. The van der Waals surface area contributed by atoms with Gasteiger partial charge in [-0.1, -0.05) is 41.9 Å². The number of amides is 2. The van der Waals surface area contributed by atoms with Gasteiger partial charge in [-0.3, -0.25) is 14.3 Å². The van der Waals surface area contributed by atoms with E-state index in [4.69, 9.17) is 11.6 Å². The molecule has 0 aliphatic carbocycles. The van der Waals surface area contributed by atoms with Crippen LogP contribution in [0.1, 0.15) is 34.3 Å². The SMILES string of the molecule is O=C(NCc1ccc(N2CCCC2=O)cc1)c1cnn(Cc2ccccc2Cl)c1. The van der Waals surface area contributed by atoms with E-state index in [0.717, 1.165) is 29.8 Å². The highest BCUT2D eigenvalue weighted by atomic mass is 35.5. The van der Waals surface area contributed by atoms with Gasteiger partial charge in [0.05, 0.1) is 18.3 Å². The van der Waals surface area contributed by atoms with Gasteiger partial charge in [-0.2, -0.15) is 5.10 Å². The first-order valence-electron chi connectivity index (χ1n) is 9.53. The molecule has 0 bridgehead atoms. The van der Waals surface area contributed by atoms with Gasteiger partial charge in [-0.25, -0.2) is 0 Å². The fourth-order valence-electron chi connectivity index (χ4n) is 3.37. The van der Waals surface area contributed by atoms with E-state index >= 15 is 0 Å². The number of carbonyl (C=O) groups is 2. The fraction of sp³-hybridized carbons (Fsp3) is 0.227. The molecule has 2 aromatic carbocycles. The van der Waals surface area contributed by atoms with E-state index in [9.17, 15) is 9.59 Å². The van der Waals surface area contributed by atoms with Gasteiger partial charge >= 0.3 is 0 Å². The van der Waals surface area contributed by atoms with Crippen LogP contribution in [-0.4, -0.2) is 28.1 Å². The molecule has 0 spiro atoms. The number of benzene rings is 2. The number of hydrogen-bond acceptors (Lipinski definition) is 3. The van der Waals surface area contributed by atoms with Crippen molar-refractivity contribution in [3.8, 4) is 0 Å². The predicted octanol–water partition coefficient (Wildman–Crippen LogP) is 3.64. The lowest BCUT2D eigenvalue weighted by Gasteiger charge is -2.16. The molecule has 1 N–H and O–H groups in total. The number of nitrogens with one attached hydrogen (secondary N) is 1. The lowest BCUT2D eigenvalue weighted by atomic mass is 10.2. The van der Waals surface area contributed by atoms with Crippen molar-refractivity contribution in [3.63, 3.8) is 0 Å². The molecule has 0 atom stereocenters. The Morgan fingerprint density at radius 1 is 1.14 bits per heavy atom. The molecule has 2 heterocycles. The highest BCUT2D eigenvalue weighted by molar-refractivity contribution is 6.31. The highest BCUT2D eigenvalue weighted by Gasteiger charge is 2.21. The first-order valence-corrected chi connectivity index (χ1v) is 9.91. The Morgan fingerprint density at radius 2 is 1.93 bits per heavy atom. The highest BCUT2D eigenvalue weighted by Crippen LogP contribution is 2.21. The summed E-state index contributed by atoms with van der Waals surface area (Å²) in [5.74, 6) is -0.0194. The summed E-state index contributed by atoms with van der Waals surface area (Å²) in [5, 5.41) is 7.83. The maximum absolute atomic E-state index is 12.4. The quantitative estimate of drug-likeness (QED) is 0.677. The predicted molar refractivity (Wildman–Crippen MR) is 112 cm³/mol. The van der Waals surface area contributed by atoms with E-state index in [1.807, 2.05) is 48.5 Å². The van der Waals surface area contributed by atoms with Crippen LogP contribution in [0, 0.1) is 0 Å². The molecule has 29 heavy (non-hydrogen) atoms. The molecule has 1 aliphatic heterocycles. The Labute approximate surface area is 174 Å². The molecule has 0 radical (unpaired) electrons. The summed E-state index contributed by atoms with van der Waals surface area (Å²) in [4.78, 5) is 26.0. The molecule has 0 saturated carbocycles. The van der Waals surface area contributed by atoms with Gasteiger partial charge in [-0.15, -0.1) is 0 Å². The minimum absolute atomic E-state index is 0.167. The third-order valence-corrected chi connectivity index (χ3v) is 5.33. The molecule has 1 aromatic heterocycles. The maximum atomic E-state index is 12.4. The van der Waals surface area contributed by atoms with Crippen molar-refractivity contribution in [2.75, 3.05) is 11.4 Å². The Morgan fingerprint density at radius 3 is 2.66 bits per heavy atom. The number of halogens is 1. The Kier molecular flexibility index (Phi) is 5.62. The van der Waals surface area contributed by atoms with E-state index in [1.54, 1.807) is 22.0 Å². The molecule has 6 nitrogen and oxygen atoms in total. The monoisotopic (exact) mass is 408 g/mol. The average molecular weight is 409 g/mol. The number of carbonyl (C=O) groups excluding carboxylic acids is 2. The van der Waals surface area contributed by atoms with Crippen LogP contribution >= 0.6 is 11.6 Å². The van der Waals surface area contributed by atoms with Crippen LogP contribution in [0.4, 0.5) is 5.69 Å². The van der Waals surface area contributed by atoms with Crippen LogP contribution < -0.4 is 10.2 Å². The Balaban J connectivity index is 1.33. The van der Waals surface area contributed by atoms with Gasteiger partial charge in [0, 0.05) is 36.4 Å². The average Bonchev–Trinajstić information content (AvgIpc) is 3.37. The van der Waals surface area contributed by atoms with Crippen molar-refractivity contribution in [3.05, 3.63) is 82.6 Å². The molecule has 3 aromatic rings. The summed E-state index contributed by atoms with van der Waals surface area (Å²) in [6, 6.07) is 15.3. The summed E-state index contributed by atoms with van der Waals surface area (Å²) < 4.78 is 1.69. The molecule has 2 amide bonds. The molecular formula is C22H21ClN4O2. The summed E-state index contributed by atoms with van der Waals surface area (Å²) in [5.41, 5.74) is 3.32. The van der Waals surface area contributed by atoms with Gasteiger partial charge in [0.15, 0.2) is 0 Å². The van der Waals surface area contributed by atoms with Crippen molar-refractivity contribution in [2.24, 2.45) is 0 Å². The minimum atomic E-state index is -0.186. The van der Waals surface area contributed by atoms with Crippen molar-refractivity contribution in [1.29, 1.82) is 0 Å². The molecule has 0 unspecified atom stereocenters.